The van der Waals surface area contributed by atoms with E-state index in [1.54, 1.807) is 0 Å². The minimum absolute atomic E-state index is 0.110. The van der Waals surface area contributed by atoms with Crippen LogP contribution in [0.15, 0.2) is 0 Å². The van der Waals surface area contributed by atoms with Crippen molar-refractivity contribution in [3.05, 3.63) is 0 Å². The van der Waals surface area contributed by atoms with Gasteiger partial charge in [0.25, 0.3) is 0 Å². The van der Waals surface area contributed by atoms with Crippen LogP contribution in [-0.4, -0.2) is 29.5 Å². The van der Waals surface area contributed by atoms with E-state index in [0.717, 1.165) is 25.7 Å². The lowest BCUT2D eigenvalue weighted by Gasteiger charge is -2.41. The third-order valence-corrected chi connectivity index (χ3v) is 3.83. The fraction of sp³-hybridized carbons (Fsp3) is 1.00. The zero-order valence-electron chi connectivity index (χ0n) is 8.46. The topological polar surface area (TPSA) is 38.7 Å². The monoisotopic (exact) mass is 312 g/mol. The van der Waals surface area contributed by atoms with E-state index in [0.29, 0.717) is 12.5 Å². The van der Waals surface area contributed by atoms with Crippen molar-refractivity contribution in [1.82, 2.24) is 0 Å². The van der Waals surface area contributed by atoms with Crippen LogP contribution < -0.4 is 0 Å². The fourth-order valence-corrected chi connectivity index (χ4v) is 3.65. The minimum Gasteiger partial charge on any atom is -0.393 e. The molecule has 0 unspecified atom stereocenters. The largest absolute Gasteiger partial charge is 0.393 e. The second-order valence-corrected chi connectivity index (χ2v) is 5.52. The molecule has 82 valence electrons. The molecule has 0 saturated carbocycles. The van der Waals surface area contributed by atoms with Crippen molar-refractivity contribution in [2.24, 2.45) is 5.92 Å². The Balaban J connectivity index is 2.15. The maximum absolute atomic E-state index is 9.40. The lowest BCUT2D eigenvalue weighted by atomic mass is 9.85. The molecule has 2 saturated heterocycles. The third-order valence-electron chi connectivity index (χ3n) is 3.52. The summed E-state index contributed by atoms with van der Waals surface area (Å²) < 4.78 is 11.3. The average Bonchev–Trinajstić information content (AvgIpc) is 2.40. The van der Waals surface area contributed by atoms with Gasteiger partial charge in [-0.05, 0) is 31.6 Å². The van der Waals surface area contributed by atoms with Gasteiger partial charge in [0.15, 0.2) is 0 Å². The molecule has 2 aliphatic heterocycles. The number of halogens is 1. The molecule has 0 aliphatic carbocycles. The summed E-state index contributed by atoms with van der Waals surface area (Å²) in [5.41, 5.74) is -0.367. The van der Waals surface area contributed by atoms with E-state index >= 15 is 0 Å². The van der Waals surface area contributed by atoms with Crippen LogP contribution >= 0.6 is 23.0 Å². The van der Waals surface area contributed by atoms with Gasteiger partial charge in [0.1, 0.15) is 23.0 Å². The summed E-state index contributed by atoms with van der Waals surface area (Å²) in [5, 5.41) is 9.40. The van der Waals surface area contributed by atoms with E-state index in [-0.39, 0.29) is 17.8 Å². The molecule has 0 aromatic heterocycles. The molecular weight excluding hydrogens is 295 g/mol. The van der Waals surface area contributed by atoms with Crippen LogP contribution in [-0.2, 0) is 7.80 Å². The molecule has 4 heteroatoms. The van der Waals surface area contributed by atoms with Crippen LogP contribution in [0, 0.1) is 5.92 Å². The Hall–Kier alpha value is 0.610. The summed E-state index contributed by atoms with van der Waals surface area (Å²) in [6.45, 7) is 3.04. The van der Waals surface area contributed by atoms with Gasteiger partial charge in [-0.3, -0.25) is 0 Å². The van der Waals surface area contributed by atoms with Crippen molar-refractivity contribution in [2.45, 2.75) is 43.8 Å². The minimum atomic E-state index is -0.257. The molecule has 3 atom stereocenters. The van der Waals surface area contributed by atoms with Gasteiger partial charge in [0.2, 0.25) is 0 Å². The molecule has 0 aromatic rings. The Kier molecular flexibility index (Phi) is 3.08. The van der Waals surface area contributed by atoms with Gasteiger partial charge in [0.05, 0.1) is 24.4 Å². The molecule has 2 bridgehead atoms. The number of rotatable bonds is 3. The first-order valence-electron chi connectivity index (χ1n) is 5.18. The molecule has 2 rings (SSSR count). The predicted octanol–water partition coefficient (Wildman–Crippen LogP) is 2.06. The quantitative estimate of drug-likeness (QED) is 0.811. The van der Waals surface area contributed by atoms with Crippen molar-refractivity contribution in [1.29, 1.82) is 0 Å². The lowest BCUT2D eigenvalue weighted by molar-refractivity contribution is -0.178. The Morgan fingerprint density at radius 1 is 1.43 bits per heavy atom. The van der Waals surface area contributed by atoms with Gasteiger partial charge >= 0.3 is 0 Å². The normalized spacial score (nSPS) is 46.9. The summed E-state index contributed by atoms with van der Waals surface area (Å²) in [7, 11) is 0. The van der Waals surface area contributed by atoms with E-state index in [9.17, 15) is 5.11 Å². The van der Waals surface area contributed by atoms with Gasteiger partial charge in [-0.25, -0.2) is 0 Å². The molecule has 2 fully saturated rings. The molecule has 2 aliphatic rings. The van der Waals surface area contributed by atoms with Crippen LogP contribution in [0.1, 0.15) is 32.6 Å². The van der Waals surface area contributed by atoms with Crippen LogP contribution in [0.25, 0.3) is 0 Å². The highest BCUT2D eigenvalue weighted by Crippen LogP contribution is 2.50. The maximum atomic E-state index is 9.40. The van der Waals surface area contributed by atoms with E-state index in [2.05, 4.69) is 6.92 Å². The predicted molar refractivity (Wildman–Crippen MR) is 61.2 cm³/mol. The van der Waals surface area contributed by atoms with E-state index < -0.39 is 0 Å². The molecule has 0 radical (unpaired) electrons. The highest BCUT2D eigenvalue weighted by Gasteiger charge is 2.54. The second-order valence-electron chi connectivity index (χ2n) is 4.89. The summed E-state index contributed by atoms with van der Waals surface area (Å²) in [6, 6.07) is 0. The number of aliphatic hydroxyl groups excluding tert-OH is 1. The zero-order valence-corrected chi connectivity index (χ0v) is 10.6. The van der Waals surface area contributed by atoms with Crippen LogP contribution in [0.5, 0.6) is 0 Å². The molecule has 2 heterocycles. The lowest BCUT2D eigenvalue weighted by Crippen LogP contribution is -2.47. The molecule has 3 nitrogen and oxygen atoms in total. The van der Waals surface area contributed by atoms with Gasteiger partial charge in [0, 0.05) is 0 Å². The van der Waals surface area contributed by atoms with Crippen molar-refractivity contribution < 1.29 is 12.9 Å². The molecule has 0 amide bonds. The number of hydrogen-bond acceptors (Lipinski definition) is 3. The Morgan fingerprint density at radius 3 is 2.71 bits per heavy atom. The van der Waals surface area contributed by atoms with Crippen molar-refractivity contribution in [3.63, 3.8) is 0 Å². The summed E-state index contributed by atoms with van der Waals surface area (Å²) in [5.74, 6) is 0.630. The molecular formula is C10H17IO3. The van der Waals surface area contributed by atoms with E-state index in [1.165, 1.54) is 0 Å². The van der Waals surface area contributed by atoms with Crippen molar-refractivity contribution >= 4 is 23.0 Å². The molecule has 14 heavy (non-hydrogen) atoms. The maximum Gasteiger partial charge on any atom is 0.109 e. The SMILES string of the molecule is C[C@@H]1C[C@@]2(CO)CC[C@@](COI)(C1)O2. The first-order chi connectivity index (χ1) is 6.64. The zero-order chi connectivity index (χ0) is 10.2. The Labute approximate surface area is 98.8 Å². The average molecular weight is 312 g/mol. The molecule has 0 aromatic carbocycles. The van der Waals surface area contributed by atoms with Crippen LogP contribution in [0.4, 0.5) is 0 Å². The Bertz CT molecular complexity index is 223. The van der Waals surface area contributed by atoms with Crippen LogP contribution in [0.3, 0.4) is 0 Å². The standard InChI is InChI=1S/C10H17IO3/c1-8-4-9(6-12)2-3-10(5-8,14-9)7-13-11/h8,12H,2-7H2,1H3/t8-,9-,10+/m1/s1. The van der Waals surface area contributed by atoms with Gasteiger partial charge < -0.3 is 12.9 Å². The van der Waals surface area contributed by atoms with E-state index in [4.69, 9.17) is 7.80 Å². The molecule has 0 spiro atoms. The summed E-state index contributed by atoms with van der Waals surface area (Å²) >= 11 is 1.92. The third kappa shape index (κ3) is 1.81. The highest BCUT2D eigenvalue weighted by molar-refractivity contribution is 14.1. The fourth-order valence-electron chi connectivity index (χ4n) is 3.08. The smallest absolute Gasteiger partial charge is 0.109 e. The number of aliphatic hydroxyl groups is 1. The first-order valence-corrected chi connectivity index (χ1v) is 6.06. The van der Waals surface area contributed by atoms with Crippen molar-refractivity contribution in [2.75, 3.05) is 13.2 Å². The molecule has 1 N–H and O–H groups in total. The number of hydrogen-bond donors (Lipinski definition) is 1. The summed E-state index contributed by atoms with van der Waals surface area (Å²) in [4.78, 5) is 0. The Morgan fingerprint density at radius 2 is 2.07 bits per heavy atom. The number of ether oxygens (including phenoxy) is 1. The van der Waals surface area contributed by atoms with Crippen LogP contribution in [0.2, 0.25) is 0 Å². The summed E-state index contributed by atoms with van der Waals surface area (Å²) in [6.07, 6.45) is 4.07. The second kappa shape index (κ2) is 3.88. The van der Waals surface area contributed by atoms with Gasteiger partial charge in [-0.15, -0.1) is 0 Å². The number of fused-ring (bicyclic) bond motifs is 2. The van der Waals surface area contributed by atoms with Crippen molar-refractivity contribution in [3.8, 4) is 0 Å². The van der Waals surface area contributed by atoms with Gasteiger partial charge in [-0.1, -0.05) is 6.92 Å². The van der Waals surface area contributed by atoms with E-state index in [1.807, 2.05) is 23.0 Å². The highest BCUT2D eigenvalue weighted by atomic mass is 127. The van der Waals surface area contributed by atoms with Gasteiger partial charge in [-0.2, -0.15) is 0 Å². The first kappa shape index (κ1) is 11.1.